The lowest BCUT2D eigenvalue weighted by Crippen LogP contribution is -2.44. The third-order valence-electron chi connectivity index (χ3n) is 3.68. The maximum Gasteiger partial charge on any atom is 0.310 e. The Labute approximate surface area is 120 Å². The van der Waals surface area contributed by atoms with Crippen LogP contribution in [0.2, 0.25) is 0 Å². The molecule has 1 saturated heterocycles. The van der Waals surface area contributed by atoms with Gasteiger partial charge in [0.15, 0.2) is 0 Å². The van der Waals surface area contributed by atoms with Crippen LogP contribution in [-0.4, -0.2) is 30.1 Å². The predicted molar refractivity (Wildman–Crippen MR) is 75.6 cm³/mol. The van der Waals surface area contributed by atoms with Crippen LogP contribution >= 0.6 is 0 Å². The maximum atomic E-state index is 11.9. The van der Waals surface area contributed by atoms with E-state index in [1.807, 2.05) is 37.3 Å². The normalized spacial score (nSPS) is 23.0. The first-order valence-corrected chi connectivity index (χ1v) is 7.08. The molecule has 0 saturated carbocycles. The number of esters is 1. The fraction of sp³-hybridized carbons (Fsp3) is 0.500. The summed E-state index contributed by atoms with van der Waals surface area (Å²) in [6, 6.07) is 12.3. The lowest BCUT2D eigenvalue weighted by atomic mass is 9.93. The summed E-state index contributed by atoms with van der Waals surface area (Å²) in [6.45, 7) is 3.54. The molecule has 0 aromatic heterocycles. The summed E-state index contributed by atoms with van der Waals surface area (Å²) in [7, 11) is 0. The van der Waals surface area contributed by atoms with Crippen LogP contribution in [0.15, 0.2) is 30.3 Å². The molecule has 0 bridgehead atoms. The summed E-state index contributed by atoms with van der Waals surface area (Å²) in [5, 5.41) is 9.26. The molecule has 2 atom stereocenters. The summed E-state index contributed by atoms with van der Waals surface area (Å²) in [6.07, 6.45) is 1.47. The standard InChI is InChI=1S/C16H20N2O2/c1-2-20-16(19)14-8-9-15(10-17)18(12-14)11-13-6-4-3-5-7-13/h3-7,14-15H,2,8-9,11-12H2,1H3/t14-,15-/m1/s1. The Bertz CT molecular complexity index is 481. The van der Waals surface area contributed by atoms with Gasteiger partial charge >= 0.3 is 5.97 Å². The van der Waals surface area contributed by atoms with Gasteiger partial charge in [0.25, 0.3) is 0 Å². The van der Waals surface area contributed by atoms with Crippen LogP contribution in [0.3, 0.4) is 0 Å². The van der Waals surface area contributed by atoms with Crippen LogP contribution in [-0.2, 0) is 16.1 Å². The van der Waals surface area contributed by atoms with E-state index in [2.05, 4.69) is 11.0 Å². The number of hydrogen-bond acceptors (Lipinski definition) is 4. The summed E-state index contributed by atoms with van der Waals surface area (Å²) in [5.41, 5.74) is 1.16. The smallest absolute Gasteiger partial charge is 0.310 e. The van der Waals surface area contributed by atoms with Gasteiger partial charge in [0, 0.05) is 13.1 Å². The minimum atomic E-state index is -0.137. The van der Waals surface area contributed by atoms with Gasteiger partial charge in [-0.05, 0) is 25.3 Å². The van der Waals surface area contributed by atoms with Gasteiger partial charge in [-0.25, -0.2) is 0 Å². The molecule has 1 aromatic rings. The van der Waals surface area contributed by atoms with Gasteiger partial charge < -0.3 is 4.74 Å². The molecule has 1 heterocycles. The van der Waals surface area contributed by atoms with E-state index in [0.717, 1.165) is 18.4 Å². The van der Waals surface area contributed by atoms with Crippen molar-refractivity contribution in [2.45, 2.75) is 32.4 Å². The zero-order valence-corrected chi connectivity index (χ0v) is 11.8. The fourth-order valence-corrected chi connectivity index (χ4v) is 2.63. The van der Waals surface area contributed by atoms with Crippen molar-refractivity contribution in [3.8, 4) is 6.07 Å². The summed E-state index contributed by atoms with van der Waals surface area (Å²) < 4.78 is 5.10. The Morgan fingerprint density at radius 3 is 2.80 bits per heavy atom. The molecule has 0 N–H and O–H groups in total. The molecule has 0 radical (unpaired) electrons. The van der Waals surface area contributed by atoms with Crippen LogP contribution in [0.4, 0.5) is 0 Å². The highest BCUT2D eigenvalue weighted by Crippen LogP contribution is 2.24. The molecule has 1 fully saturated rings. The van der Waals surface area contributed by atoms with E-state index < -0.39 is 0 Å². The van der Waals surface area contributed by atoms with Crippen LogP contribution < -0.4 is 0 Å². The molecule has 106 valence electrons. The fourth-order valence-electron chi connectivity index (χ4n) is 2.63. The number of benzene rings is 1. The van der Waals surface area contributed by atoms with Crippen LogP contribution in [0.1, 0.15) is 25.3 Å². The number of nitriles is 1. The summed E-state index contributed by atoms with van der Waals surface area (Å²) >= 11 is 0. The van der Waals surface area contributed by atoms with Crippen molar-refractivity contribution < 1.29 is 9.53 Å². The van der Waals surface area contributed by atoms with Gasteiger partial charge in [0.1, 0.15) is 0 Å². The Balaban J connectivity index is 2.03. The SMILES string of the molecule is CCOC(=O)[C@@H]1CC[C@H](C#N)N(Cc2ccccc2)C1. The number of rotatable bonds is 4. The quantitative estimate of drug-likeness (QED) is 0.790. The van der Waals surface area contributed by atoms with Gasteiger partial charge in [0.2, 0.25) is 0 Å². The van der Waals surface area contributed by atoms with Gasteiger partial charge in [0.05, 0.1) is 24.6 Å². The van der Waals surface area contributed by atoms with Crippen molar-refractivity contribution in [1.82, 2.24) is 4.90 Å². The Hall–Kier alpha value is -1.86. The van der Waals surface area contributed by atoms with Crippen LogP contribution in [0.25, 0.3) is 0 Å². The highest BCUT2D eigenvalue weighted by molar-refractivity contribution is 5.72. The average Bonchev–Trinajstić information content (AvgIpc) is 2.48. The molecule has 1 aromatic carbocycles. The first-order chi connectivity index (χ1) is 9.74. The second-order valence-electron chi connectivity index (χ2n) is 5.09. The van der Waals surface area contributed by atoms with Crippen LogP contribution in [0.5, 0.6) is 0 Å². The molecule has 0 amide bonds. The molecule has 2 rings (SSSR count). The molecule has 4 nitrogen and oxygen atoms in total. The molecular formula is C16H20N2O2. The number of ether oxygens (including phenoxy) is 1. The number of piperidine rings is 1. The van der Waals surface area contributed by atoms with Gasteiger partial charge in [-0.15, -0.1) is 0 Å². The van der Waals surface area contributed by atoms with E-state index in [-0.39, 0.29) is 17.9 Å². The van der Waals surface area contributed by atoms with Crippen molar-refractivity contribution in [3.63, 3.8) is 0 Å². The first-order valence-electron chi connectivity index (χ1n) is 7.08. The first kappa shape index (κ1) is 14.5. The van der Waals surface area contributed by atoms with Gasteiger partial charge in [-0.2, -0.15) is 5.26 Å². The van der Waals surface area contributed by atoms with Crippen molar-refractivity contribution in [3.05, 3.63) is 35.9 Å². The summed E-state index contributed by atoms with van der Waals surface area (Å²) in [4.78, 5) is 13.9. The second kappa shape index (κ2) is 7.06. The minimum Gasteiger partial charge on any atom is -0.466 e. The van der Waals surface area contributed by atoms with Crippen molar-refractivity contribution >= 4 is 5.97 Å². The predicted octanol–water partition coefficient (Wildman–Crippen LogP) is 2.35. The highest BCUT2D eigenvalue weighted by Gasteiger charge is 2.32. The minimum absolute atomic E-state index is 0.108. The van der Waals surface area contributed by atoms with E-state index in [4.69, 9.17) is 4.74 Å². The summed E-state index contributed by atoms with van der Waals surface area (Å²) in [5.74, 6) is -0.245. The van der Waals surface area contributed by atoms with Crippen molar-refractivity contribution in [1.29, 1.82) is 5.26 Å². The monoisotopic (exact) mass is 272 g/mol. The number of likely N-dealkylation sites (tertiary alicyclic amines) is 1. The number of carbonyl (C=O) groups excluding carboxylic acids is 1. The van der Waals surface area contributed by atoms with Crippen molar-refractivity contribution in [2.24, 2.45) is 5.92 Å². The largest absolute Gasteiger partial charge is 0.466 e. The zero-order valence-electron chi connectivity index (χ0n) is 11.8. The van der Waals surface area contributed by atoms with Gasteiger partial charge in [-0.3, -0.25) is 9.69 Å². The Morgan fingerprint density at radius 1 is 1.40 bits per heavy atom. The molecule has 20 heavy (non-hydrogen) atoms. The van der Waals surface area contributed by atoms with Crippen LogP contribution in [0, 0.1) is 17.2 Å². The van der Waals surface area contributed by atoms with Gasteiger partial charge in [-0.1, -0.05) is 30.3 Å². The van der Waals surface area contributed by atoms with E-state index in [0.29, 0.717) is 19.7 Å². The third kappa shape index (κ3) is 3.58. The molecular weight excluding hydrogens is 252 g/mol. The molecule has 0 unspecified atom stereocenters. The lowest BCUT2D eigenvalue weighted by molar-refractivity contribution is -0.150. The molecule has 0 aliphatic carbocycles. The molecule has 1 aliphatic rings. The van der Waals surface area contributed by atoms with E-state index in [9.17, 15) is 10.1 Å². The lowest BCUT2D eigenvalue weighted by Gasteiger charge is -2.35. The zero-order chi connectivity index (χ0) is 14.4. The van der Waals surface area contributed by atoms with E-state index >= 15 is 0 Å². The van der Waals surface area contributed by atoms with Crippen molar-refractivity contribution in [2.75, 3.05) is 13.2 Å². The van der Waals surface area contributed by atoms with E-state index in [1.165, 1.54) is 0 Å². The average molecular weight is 272 g/mol. The number of hydrogen-bond donors (Lipinski definition) is 0. The Morgan fingerprint density at radius 2 is 2.15 bits per heavy atom. The third-order valence-corrected chi connectivity index (χ3v) is 3.68. The topological polar surface area (TPSA) is 53.3 Å². The maximum absolute atomic E-state index is 11.9. The van der Waals surface area contributed by atoms with E-state index in [1.54, 1.807) is 0 Å². The number of carbonyl (C=O) groups is 1. The molecule has 4 heteroatoms. The molecule has 1 aliphatic heterocycles. The second-order valence-corrected chi connectivity index (χ2v) is 5.09. The Kier molecular flexibility index (Phi) is 5.14. The molecule has 0 spiro atoms. The number of nitrogens with zero attached hydrogens (tertiary/aromatic N) is 2. The highest BCUT2D eigenvalue weighted by atomic mass is 16.5.